The highest BCUT2D eigenvalue weighted by Crippen LogP contribution is 1.85. The molecule has 0 aromatic carbocycles. The maximum Gasteiger partial charge on any atom is 0.234 e. The lowest BCUT2D eigenvalue weighted by molar-refractivity contribution is -0.121. The summed E-state index contributed by atoms with van der Waals surface area (Å²) in [6, 6.07) is 0. The Morgan fingerprint density at radius 3 is 2.69 bits per heavy atom. The molecule has 0 saturated carbocycles. The van der Waals surface area contributed by atoms with Crippen LogP contribution in [0.25, 0.3) is 0 Å². The lowest BCUT2D eigenvalue weighted by Crippen LogP contribution is -2.35. The number of carbonyl (C=O) groups excluding carboxylic acids is 1. The normalized spacial score (nSPS) is 10.5. The Labute approximate surface area is 80.7 Å². The van der Waals surface area contributed by atoms with E-state index in [1.54, 1.807) is 0 Å². The van der Waals surface area contributed by atoms with Crippen molar-refractivity contribution in [1.82, 2.24) is 15.5 Å². The van der Waals surface area contributed by atoms with Crippen molar-refractivity contribution in [3.8, 4) is 0 Å². The molecule has 0 aliphatic rings. The number of rotatable bonds is 7. The van der Waals surface area contributed by atoms with Gasteiger partial charge in [0, 0.05) is 6.54 Å². The highest BCUT2D eigenvalue weighted by atomic mass is 16.1. The van der Waals surface area contributed by atoms with Crippen molar-refractivity contribution in [2.75, 3.05) is 40.3 Å². The Kier molecular flexibility index (Phi) is 7.63. The molecule has 0 saturated heterocycles. The van der Waals surface area contributed by atoms with E-state index in [0.29, 0.717) is 13.1 Å². The van der Waals surface area contributed by atoms with Crippen LogP contribution in [0.15, 0.2) is 0 Å². The Morgan fingerprint density at radius 2 is 2.15 bits per heavy atom. The van der Waals surface area contributed by atoms with Crippen molar-refractivity contribution in [1.29, 1.82) is 0 Å². The second-order valence-electron chi connectivity index (χ2n) is 3.15. The lowest BCUT2D eigenvalue weighted by Gasteiger charge is -2.15. The average Bonchev–Trinajstić information content (AvgIpc) is 2.05. The summed E-state index contributed by atoms with van der Waals surface area (Å²) in [6.45, 7) is 5.09. The second-order valence-corrected chi connectivity index (χ2v) is 3.15. The molecule has 0 bridgehead atoms. The fraction of sp³-hybridized carbons (Fsp3) is 0.889. The quantitative estimate of drug-likeness (QED) is 0.536. The molecule has 13 heavy (non-hydrogen) atoms. The van der Waals surface area contributed by atoms with Crippen LogP contribution in [0, 0.1) is 0 Å². The van der Waals surface area contributed by atoms with Gasteiger partial charge in [0.15, 0.2) is 0 Å². The first-order valence-electron chi connectivity index (χ1n) is 4.80. The first kappa shape index (κ1) is 12.4. The van der Waals surface area contributed by atoms with E-state index in [1.807, 2.05) is 25.9 Å². The molecule has 1 amide bonds. The minimum absolute atomic E-state index is 0.106. The molecule has 0 aliphatic heterocycles. The number of nitrogens with one attached hydrogen (secondary N) is 2. The maximum atomic E-state index is 11.1. The number of likely N-dealkylation sites (N-methyl/N-ethyl adjacent to an activating group) is 2. The molecule has 0 spiro atoms. The minimum Gasteiger partial charge on any atom is -0.355 e. The third-order valence-electron chi connectivity index (χ3n) is 1.75. The van der Waals surface area contributed by atoms with E-state index in [0.717, 1.165) is 19.5 Å². The Morgan fingerprint density at radius 1 is 1.46 bits per heavy atom. The van der Waals surface area contributed by atoms with Crippen LogP contribution in [0.2, 0.25) is 0 Å². The number of carbonyl (C=O) groups is 1. The number of nitrogens with zero attached hydrogens (tertiary/aromatic N) is 1. The zero-order valence-corrected chi connectivity index (χ0v) is 8.89. The van der Waals surface area contributed by atoms with Crippen molar-refractivity contribution >= 4 is 5.91 Å². The monoisotopic (exact) mass is 187 g/mol. The zero-order valence-electron chi connectivity index (χ0n) is 8.89. The molecule has 2 N–H and O–H groups in total. The van der Waals surface area contributed by atoms with E-state index in [4.69, 9.17) is 0 Å². The molecule has 0 rings (SSSR count). The topological polar surface area (TPSA) is 44.4 Å². The molecule has 0 aromatic rings. The maximum absolute atomic E-state index is 11.1. The number of hydrogen-bond acceptors (Lipinski definition) is 3. The van der Waals surface area contributed by atoms with Crippen molar-refractivity contribution in [2.24, 2.45) is 0 Å². The molecular weight excluding hydrogens is 166 g/mol. The summed E-state index contributed by atoms with van der Waals surface area (Å²) in [6.07, 6.45) is 1.08. The summed E-state index contributed by atoms with van der Waals surface area (Å²) in [5.41, 5.74) is 0. The standard InChI is InChI=1S/C9H21N3O/c1-4-11-9(13)8-12(3)7-5-6-10-2/h10H,4-8H2,1-3H3,(H,11,13). The van der Waals surface area contributed by atoms with Gasteiger partial charge in [0.1, 0.15) is 0 Å². The van der Waals surface area contributed by atoms with Gasteiger partial charge in [-0.3, -0.25) is 9.69 Å². The fourth-order valence-corrected chi connectivity index (χ4v) is 1.10. The van der Waals surface area contributed by atoms with Crippen molar-refractivity contribution in [3.63, 3.8) is 0 Å². The molecule has 78 valence electrons. The molecule has 0 fully saturated rings. The number of amides is 1. The Hall–Kier alpha value is -0.610. The van der Waals surface area contributed by atoms with E-state index < -0.39 is 0 Å². The van der Waals surface area contributed by atoms with E-state index in [9.17, 15) is 4.79 Å². The Bertz CT molecular complexity index is 139. The first-order chi connectivity index (χ1) is 6.20. The van der Waals surface area contributed by atoms with Gasteiger partial charge in [-0.05, 0) is 40.5 Å². The van der Waals surface area contributed by atoms with E-state index in [1.165, 1.54) is 0 Å². The molecule has 0 atom stereocenters. The van der Waals surface area contributed by atoms with Crippen LogP contribution in [0.3, 0.4) is 0 Å². The van der Waals surface area contributed by atoms with Crippen molar-refractivity contribution < 1.29 is 4.79 Å². The van der Waals surface area contributed by atoms with Crippen LogP contribution >= 0.6 is 0 Å². The molecule has 0 unspecified atom stereocenters. The molecule has 0 aliphatic carbocycles. The third-order valence-corrected chi connectivity index (χ3v) is 1.75. The predicted octanol–water partition coefficient (Wildman–Crippen LogP) is -0.336. The highest BCUT2D eigenvalue weighted by molar-refractivity contribution is 5.77. The Balaban J connectivity index is 3.38. The first-order valence-corrected chi connectivity index (χ1v) is 4.80. The summed E-state index contributed by atoms with van der Waals surface area (Å²) in [5.74, 6) is 0.106. The van der Waals surface area contributed by atoms with Crippen LogP contribution in [0.5, 0.6) is 0 Å². The summed E-state index contributed by atoms with van der Waals surface area (Å²) in [7, 11) is 3.90. The predicted molar refractivity (Wildman–Crippen MR) is 54.7 cm³/mol. The van der Waals surface area contributed by atoms with E-state index >= 15 is 0 Å². The van der Waals surface area contributed by atoms with Gasteiger partial charge in [0.05, 0.1) is 6.54 Å². The molecule has 0 aromatic heterocycles. The molecule has 4 nitrogen and oxygen atoms in total. The van der Waals surface area contributed by atoms with Gasteiger partial charge in [-0.2, -0.15) is 0 Å². The molecule has 0 heterocycles. The van der Waals surface area contributed by atoms with Crippen LogP contribution in [-0.4, -0.2) is 51.1 Å². The van der Waals surface area contributed by atoms with Gasteiger partial charge in [0.2, 0.25) is 5.91 Å². The summed E-state index contributed by atoms with van der Waals surface area (Å²) in [5, 5.41) is 5.84. The van der Waals surface area contributed by atoms with Crippen molar-refractivity contribution in [3.05, 3.63) is 0 Å². The SMILES string of the molecule is CCNC(=O)CN(C)CCCNC. The van der Waals surface area contributed by atoms with Gasteiger partial charge < -0.3 is 10.6 Å². The van der Waals surface area contributed by atoms with Crippen LogP contribution in [0.1, 0.15) is 13.3 Å². The minimum atomic E-state index is 0.106. The fourth-order valence-electron chi connectivity index (χ4n) is 1.10. The van der Waals surface area contributed by atoms with Crippen LogP contribution in [0.4, 0.5) is 0 Å². The van der Waals surface area contributed by atoms with Crippen LogP contribution in [-0.2, 0) is 4.79 Å². The molecular formula is C9H21N3O. The van der Waals surface area contributed by atoms with Crippen LogP contribution < -0.4 is 10.6 Å². The summed E-state index contributed by atoms with van der Waals surface area (Å²) >= 11 is 0. The zero-order chi connectivity index (χ0) is 10.1. The smallest absolute Gasteiger partial charge is 0.234 e. The van der Waals surface area contributed by atoms with Gasteiger partial charge in [-0.15, -0.1) is 0 Å². The van der Waals surface area contributed by atoms with Crippen molar-refractivity contribution in [2.45, 2.75) is 13.3 Å². The second kappa shape index (κ2) is 8.01. The van der Waals surface area contributed by atoms with E-state index in [-0.39, 0.29) is 5.91 Å². The highest BCUT2D eigenvalue weighted by Gasteiger charge is 2.03. The average molecular weight is 187 g/mol. The summed E-state index contributed by atoms with van der Waals surface area (Å²) in [4.78, 5) is 13.1. The third kappa shape index (κ3) is 7.74. The molecule has 0 radical (unpaired) electrons. The summed E-state index contributed by atoms with van der Waals surface area (Å²) < 4.78 is 0. The van der Waals surface area contributed by atoms with Gasteiger partial charge >= 0.3 is 0 Å². The van der Waals surface area contributed by atoms with Gasteiger partial charge in [-0.25, -0.2) is 0 Å². The largest absolute Gasteiger partial charge is 0.355 e. The van der Waals surface area contributed by atoms with Gasteiger partial charge in [0.25, 0.3) is 0 Å². The van der Waals surface area contributed by atoms with Gasteiger partial charge in [-0.1, -0.05) is 0 Å². The number of hydrogen-bond donors (Lipinski definition) is 2. The lowest BCUT2D eigenvalue weighted by atomic mass is 10.4. The molecule has 4 heteroatoms. The van der Waals surface area contributed by atoms with E-state index in [2.05, 4.69) is 10.6 Å².